The van der Waals surface area contributed by atoms with Gasteiger partial charge in [-0.25, -0.2) is 4.79 Å². The lowest BCUT2D eigenvalue weighted by Gasteiger charge is -2.09. The Morgan fingerprint density at radius 2 is 2.00 bits per heavy atom. The van der Waals surface area contributed by atoms with Crippen LogP contribution in [0, 0.1) is 10.5 Å². The molecule has 0 bridgehead atoms. The SMILES string of the molecule is Cc1[nH]c(=O)oc1-c1cc(C(F)(F)F)ccc1I. The number of aryl methyl sites for hydroxylation is 1. The van der Waals surface area contributed by atoms with E-state index in [9.17, 15) is 18.0 Å². The molecule has 0 fully saturated rings. The second kappa shape index (κ2) is 4.45. The highest BCUT2D eigenvalue weighted by atomic mass is 127. The number of H-pyrrole nitrogens is 1. The summed E-state index contributed by atoms with van der Waals surface area (Å²) in [5.41, 5.74) is -0.125. The van der Waals surface area contributed by atoms with Crippen LogP contribution in [-0.4, -0.2) is 4.98 Å². The Bertz CT molecular complexity index is 642. The van der Waals surface area contributed by atoms with Crippen molar-refractivity contribution in [2.24, 2.45) is 0 Å². The number of hydrogen-bond acceptors (Lipinski definition) is 2. The fourth-order valence-electron chi connectivity index (χ4n) is 1.54. The van der Waals surface area contributed by atoms with Gasteiger partial charge in [-0.05, 0) is 47.7 Å². The van der Waals surface area contributed by atoms with Crippen molar-refractivity contribution < 1.29 is 17.6 Å². The Kier molecular flexibility index (Phi) is 3.26. The van der Waals surface area contributed by atoms with Crippen LogP contribution in [0.5, 0.6) is 0 Å². The number of nitrogens with one attached hydrogen (secondary N) is 1. The van der Waals surface area contributed by atoms with E-state index in [4.69, 9.17) is 4.42 Å². The van der Waals surface area contributed by atoms with Crippen LogP contribution in [0.2, 0.25) is 0 Å². The van der Waals surface area contributed by atoms with Gasteiger partial charge in [0.2, 0.25) is 0 Å². The summed E-state index contributed by atoms with van der Waals surface area (Å²) in [5, 5.41) is 0. The lowest BCUT2D eigenvalue weighted by atomic mass is 10.1. The van der Waals surface area contributed by atoms with E-state index in [-0.39, 0.29) is 11.3 Å². The van der Waals surface area contributed by atoms with Crippen LogP contribution < -0.4 is 5.76 Å². The van der Waals surface area contributed by atoms with E-state index in [2.05, 4.69) is 4.98 Å². The van der Waals surface area contributed by atoms with Gasteiger partial charge in [0.15, 0.2) is 5.76 Å². The van der Waals surface area contributed by atoms with E-state index in [1.807, 2.05) is 22.6 Å². The molecule has 1 aromatic carbocycles. The summed E-state index contributed by atoms with van der Waals surface area (Å²) in [6.45, 7) is 1.57. The van der Waals surface area contributed by atoms with Gasteiger partial charge in [-0.15, -0.1) is 0 Å². The predicted molar refractivity (Wildman–Crippen MR) is 67.2 cm³/mol. The predicted octanol–water partition coefficient (Wildman–Crippen LogP) is 3.57. The molecule has 7 heteroatoms. The minimum Gasteiger partial charge on any atom is -0.408 e. The number of aromatic nitrogens is 1. The summed E-state index contributed by atoms with van der Waals surface area (Å²) in [7, 11) is 0. The molecule has 2 aromatic rings. The third-order valence-corrected chi connectivity index (χ3v) is 3.30. The van der Waals surface area contributed by atoms with Crippen molar-refractivity contribution in [1.29, 1.82) is 0 Å². The number of hydrogen-bond donors (Lipinski definition) is 1. The van der Waals surface area contributed by atoms with Crippen molar-refractivity contribution in [2.75, 3.05) is 0 Å². The summed E-state index contributed by atoms with van der Waals surface area (Å²) in [4.78, 5) is 13.4. The topological polar surface area (TPSA) is 46.0 Å². The van der Waals surface area contributed by atoms with Crippen LogP contribution in [0.3, 0.4) is 0 Å². The number of benzene rings is 1. The van der Waals surface area contributed by atoms with Crippen LogP contribution in [-0.2, 0) is 6.18 Å². The Balaban J connectivity index is 2.64. The molecule has 0 amide bonds. The highest BCUT2D eigenvalue weighted by Gasteiger charge is 2.31. The molecular weight excluding hydrogens is 362 g/mol. The molecule has 1 N–H and O–H groups in total. The standard InChI is InChI=1S/C11H7F3INO2/c1-5-9(18-10(17)16-5)7-4-6(11(12,13)14)2-3-8(7)15/h2-4H,1H3,(H,16,17). The first-order valence-electron chi connectivity index (χ1n) is 4.86. The van der Waals surface area contributed by atoms with E-state index < -0.39 is 17.5 Å². The number of halogens is 4. The second-order valence-electron chi connectivity index (χ2n) is 3.66. The molecule has 2 rings (SSSR count). The van der Waals surface area contributed by atoms with Gasteiger partial charge in [-0.1, -0.05) is 0 Å². The highest BCUT2D eigenvalue weighted by molar-refractivity contribution is 14.1. The van der Waals surface area contributed by atoms with Gasteiger partial charge in [0.25, 0.3) is 0 Å². The van der Waals surface area contributed by atoms with E-state index in [1.165, 1.54) is 6.07 Å². The first-order valence-corrected chi connectivity index (χ1v) is 5.94. The van der Waals surface area contributed by atoms with Crippen LogP contribution in [0.4, 0.5) is 13.2 Å². The number of oxazole rings is 1. The van der Waals surface area contributed by atoms with E-state index in [1.54, 1.807) is 6.92 Å². The van der Waals surface area contributed by atoms with Gasteiger partial charge in [0.05, 0.1) is 11.3 Å². The van der Waals surface area contributed by atoms with Crippen LogP contribution in [0.15, 0.2) is 27.4 Å². The van der Waals surface area contributed by atoms with Gasteiger partial charge in [-0.3, -0.25) is 4.98 Å². The molecule has 1 heterocycles. The molecule has 1 aromatic heterocycles. The summed E-state index contributed by atoms with van der Waals surface area (Å²) >= 11 is 1.89. The van der Waals surface area contributed by atoms with Gasteiger partial charge in [0, 0.05) is 9.13 Å². The summed E-state index contributed by atoms with van der Waals surface area (Å²) in [6.07, 6.45) is -4.43. The largest absolute Gasteiger partial charge is 0.417 e. The molecule has 0 unspecified atom stereocenters. The molecule has 18 heavy (non-hydrogen) atoms. The van der Waals surface area contributed by atoms with Crippen LogP contribution in [0.25, 0.3) is 11.3 Å². The molecule has 0 spiro atoms. The van der Waals surface area contributed by atoms with E-state index in [0.29, 0.717) is 9.26 Å². The van der Waals surface area contributed by atoms with E-state index in [0.717, 1.165) is 12.1 Å². The zero-order valence-corrected chi connectivity index (χ0v) is 11.2. The Morgan fingerprint density at radius 3 is 2.50 bits per heavy atom. The molecule has 0 saturated heterocycles. The molecule has 0 aliphatic heterocycles. The zero-order chi connectivity index (χ0) is 13.5. The van der Waals surface area contributed by atoms with Gasteiger partial charge < -0.3 is 4.42 Å². The lowest BCUT2D eigenvalue weighted by Crippen LogP contribution is -2.05. The number of alkyl halides is 3. The maximum absolute atomic E-state index is 12.6. The van der Waals surface area contributed by atoms with Crippen molar-refractivity contribution >= 4 is 22.6 Å². The highest BCUT2D eigenvalue weighted by Crippen LogP contribution is 2.34. The van der Waals surface area contributed by atoms with Gasteiger partial charge in [0.1, 0.15) is 0 Å². The average Bonchev–Trinajstić information content (AvgIpc) is 2.56. The quantitative estimate of drug-likeness (QED) is 0.782. The first kappa shape index (κ1) is 13.2. The van der Waals surface area contributed by atoms with E-state index >= 15 is 0 Å². The minimum atomic E-state index is -4.43. The molecule has 0 aliphatic carbocycles. The van der Waals surface area contributed by atoms with Crippen LogP contribution >= 0.6 is 22.6 Å². The van der Waals surface area contributed by atoms with Gasteiger partial charge >= 0.3 is 11.9 Å². The Hall–Kier alpha value is -1.25. The molecule has 96 valence electrons. The molecule has 0 saturated carbocycles. The van der Waals surface area contributed by atoms with Crippen LogP contribution in [0.1, 0.15) is 11.3 Å². The van der Waals surface area contributed by atoms with Crippen molar-refractivity contribution in [3.05, 3.63) is 43.6 Å². The van der Waals surface area contributed by atoms with Gasteiger partial charge in [-0.2, -0.15) is 13.2 Å². The van der Waals surface area contributed by atoms with Crippen molar-refractivity contribution in [3.63, 3.8) is 0 Å². The Labute approximate surface area is 113 Å². The lowest BCUT2D eigenvalue weighted by molar-refractivity contribution is -0.137. The zero-order valence-electron chi connectivity index (χ0n) is 9.06. The Morgan fingerprint density at radius 1 is 1.33 bits per heavy atom. The van der Waals surface area contributed by atoms with Crippen molar-refractivity contribution in [2.45, 2.75) is 13.1 Å². The maximum Gasteiger partial charge on any atom is 0.417 e. The summed E-state index contributed by atoms with van der Waals surface area (Å²) in [6, 6.07) is 3.30. The normalized spacial score (nSPS) is 11.8. The number of rotatable bonds is 1. The molecule has 3 nitrogen and oxygen atoms in total. The first-order chi connectivity index (χ1) is 8.29. The summed E-state index contributed by atoms with van der Waals surface area (Å²) in [5.74, 6) is -0.550. The average molecular weight is 369 g/mol. The molecular formula is C11H7F3INO2. The third kappa shape index (κ3) is 2.45. The minimum absolute atomic E-state index is 0.135. The smallest absolute Gasteiger partial charge is 0.408 e. The second-order valence-corrected chi connectivity index (χ2v) is 4.82. The monoisotopic (exact) mass is 369 g/mol. The molecule has 0 radical (unpaired) electrons. The maximum atomic E-state index is 12.6. The van der Waals surface area contributed by atoms with Crippen molar-refractivity contribution in [1.82, 2.24) is 4.98 Å². The molecule has 0 aliphatic rings. The molecule has 0 atom stereocenters. The summed E-state index contributed by atoms with van der Waals surface area (Å²) < 4.78 is 43.3. The van der Waals surface area contributed by atoms with Crippen molar-refractivity contribution in [3.8, 4) is 11.3 Å². The fourth-order valence-corrected chi connectivity index (χ4v) is 2.12. The number of aromatic amines is 1. The third-order valence-electron chi connectivity index (χ3n) is 2.36. The fraction of sp³-hybridized carbons (Fsp3) is 0.182.